The summed E-state index contributed by atoms with van der Waals surface area (Å²) in [4.78, 5) is 0. The van der Waals surface area contributed by atoms with E-state index >= 15 is 0 Å². The molecular formula is C18H25FO2. The van der Waals surface area contributed by atoms with E-state index in [1.807, 2.05) is 13.0 Å². The van der Waals surface area contributed by atoms with E-state index in [-0.39, 0.29) is 17.3 Å². The van der Waals surface area contributed by atoms with Crippen molar-refractivity contribution < 1.29 is 14.2 Å². The average molecular weight is 292 g/mol. The van der Waals surface area contributed by atoms with Crippen LogP contribution in [0.5, 0.6) is 0 Å². The van der Waals surface area contributed by atoms with Gasteiger partial charge in [0.05, 0.1) is 11.2 Å². The fourth-order valence-electron chi connectivity index (χ4n) is 4.02. The fourth-order valence-corrected chi connectivity index (χ4v) is 4.02. The van der Waals surface area contributed by atoms with Crippen LogP contribution in [-0.4, -0.2) is 17.3 Å². The maximum absolute atomic E-state index is 13.8. The van der Waals surface area contributed by atoms with Gasteiger partial charge in [0, 0.05) is 6.61 Å². The van der Waals surface area contributed by atoms with Crippen LogP contribution in [0, 0.1) is 18.7 Å². The van der Waals surface area contributed by atoms with Crippen LogP contribution in [0.2, 0.25) is 0 Å². The summed E-state index contributed by atoms with van der Waals surface area (Å²) in [7, 11) is 0. The molecule has 2 atom stereocenters. The number of aryl methyl sites for hydroxylation is 1. The van der Waals surface area contributed by atoms with Gasteiger partial charge in [0.15, 0.2) is 0 Å². The van der Waals surface area contributed by atoms with Crippen LogP contribution in [0.1, 0.15) is 56.6 Å². The monoisotopic (exact) mass is 292 g/mol. The smallest absolute Gasteiger partial charge is 0.126 e. The lowest BCUT2D eigenvalue weighted by Crippen LogP contribution is -2.44. The number of halogens is 1. The largest absolute Gasteiger partial charge is 0.385 e. The second-order valence-electron chi connectivity index (χ2n) is 7.04. The molecule has 1 aliphatic heterocycles. The van der Waals surface area contributed by atoms with E-state index in [9.17, 15) is 9.50 Å². The molecule has 3 rings (SSSR count). The summed E-state index contributed by atoms with van der Waals surface area (Å²) in [6, 6.07) is 5.10. The second-order valence-corrected chi connectivity index (χ2v) is 7.04. The normalized spacial score (nSPS) is 27.7. The van der Waals surface area contributed by atoms with Crippen molar-refractivity contribution in [1.29, 1.82) is 0 Å². The summed E-state index contributed by atoms with van der Waals surface area (Å²) in [5, 5.41) is 11.0. The SMILES string of the molecule is Cc1ccc(C(C)(O)C2CCOC3(CCCC3)C2)cc1F. The summed E-state index contributed by atoms with van der Waals surface area (Å²) in [5.74, 6) is -0.109. The van der Waals surface area contributed by atoms with Gasteiger partial charge in [-0.25, -0.2) is 4.39 Å². The van der Waals surface area contributed by atoms with Crippen LogP contribution in [0.15, 0.2) is 18.2 Å². The maximum atomic E-state index is 13.8. The minimum absolute atomic E-state index is 0.0316. The van der Waals surface area contributed by atoms with Crippen LogP contribution in [-0.2, 0) is 10.3 Å². The van der Waals surface area contributed by atoms with Gasteiger partial charge in [0.25, 0.3) is 0 Å². The Hall–Kier alpha value is -0.930. The van der Waals surface area contributed by atoms with Crippen molar-refractivity contribution in [3.05, 3.63) is 35.1 Å². The van der Waals surface area contributed by atoms with Gasteiger partial charge in [0.1, 0.15) is 5.82 Å². The van der Waals surface area contributed by atoms with Gasteiger partial charge in [0.2, 0.25) is 0 Å². The summed E-state index contributed by atoms with van der Waals surface area (Å²) >= 11 is 0. The minimum Gasteiger partial charge on any atom is -0.385 e. The molecule has 3 heteroatoms. The predicted molar refractivity (Wildman–Crippen MR) is 80.6 cm³/mol. The van der Waals surface area contributed by atoms with Gasteiger partial charge in [-0.1, -0.05) is 25.0 Å². The molecule has 1 aliphatic carbocycles. The van der Waals surface area contributed by atoms with Gasteiger partial charge in [-0.2, -0.15) is 0 Å². The zero-order valence-corrected chi connectivity index (χ0v) is 13.0. The Labute approximate surface area is 126 Å². The van der Waals surface area contributed by atoms with E-state index < -0.39 is 5.60 Å². The van der Waals surface area contributed by atoms with Crippen molar-refractivity contribution in [3.63, 3.8) is 0 Å². The molecule has 116 valence electrons. The van der Waals surface area contributed by atoms with E-state index in [1.54, 1.807) is 13.0 Å². The first-order chi connectivity index (χ1) is 9.93. The lowest BCUT2D eigenvalue weighted by Gasteiger charge is -2.44. The predicted octanol–water partition coefficient (Wildman–Crippen LogP) is 4.08. The number of aliphatic hydroxyl groups is 1. The highest BCUT2D eigenvalue weighted by molar-refractivity contribution is 5.28. The Morgan fingerprint density at radius 2 is 2.05 bits per heavy atom. The van der Waals surface area contributed by atoms with Crippen LogP contribution < -0.4 is 0 Å². The van der Waals surface area contributed by atoms with E-state index in [0.29, 0.717) is 17.7 Å². The molecule has 2 fully saturated rings. The van der Waals surface area contributed by atoms with E-state index in [1.165, 1.54) is 18.9 Å². The van der Waals surface area contributed by atoms with E-state index in [2.05, 4.69) is 0 Å². The topological polar surface area (TPSA) is 29.5 Å². The van der Waals surface area contributed by atoms with Gasteiger partial charge in [-0.05, 0) is 62.6 Å². The summed E-state index contributed by atoms with van der Waals surface area (Å²) < 4.78 is 19.9. The van der Waals surface area contributed by atoms with Crippen molar-refractivity contribution >= 4 is 0 Å². The highest BCUT2D eigenvalue weighted by atomic mass is 19.1. The molecule has 2 unspecified atom stereocenters. The molecule has 1 spiro atoms. The summed E-state index contributed by atoms with van der Waals surface area (Å²) in [5.41, 5.74) is 0.281. The number of rotatable bonds is 2. The second kappa shape index (κ2) is 5.36. The van der Waals surface area contributed by atoms with Crippen LogP contribution in [0.3, 0.4) is 0 Å². The molecule has 1 aromatic rings. The highest BCUT2D eigenvalue weighted by Crippen LogP contribution is 2.47. The highest BCUT2D eigenvalue weighted by Gasteiger charge is 2.45. The lowest BCUT2D eigenvalue weighted by molar-refractivity contribution is -0.138. The molecule has 0 radical (unpaired) electrons. The molecule has 1 saturated carbocycles. The third-order valence-electron chi connectivity index (χ3n) is 5.56. The molecule has 2 nitrogen and oxygen atoms in total. The lowest BCUT2D eigenvalue weighted by atomic mass is 9.73. The number of hydrogen-bond acceptors (Lipinski definition) is 2. The molecule has 1 saturated heterocycles. The summed E-state index contributed by atoms with van der Waals surface area (Å²) in [6.45, 7) is 4.28. The van der Waals surface area contributed by atoms with Crippen LogP contribution >= 0.6 is 0 Å². The zero-order valence-electron chi connectivity index (χ0n) is 13.0. The average Bonchev–Trinajstić information content (AvgIpc) is 2.89. The number of hydrogen-bond donors (Lipinski definition) is 1. The molecule has 1 N–H and O–H groups in total. The molecular weight excluding hydrogens is 267 g/mol. The first-order valence-electron chi connectivity index (χ1n) is 8.06. The van der Waals surface area contributed by atoms with Crippen LogP contribution in [0.25, 0.3) is 0 Å². The summed E-state index contributed by atoms with van der Waals surface area (Å²) in [6.07, 6.45) is 6.35. The van der Waals surface area contributed by atoms with Crippen LogP contribution in [0.4, 0.5) is 4.39 Å². The van der Waals surface area contributed by atoms with Gasteiger partial charge < -0.3 is 9.84 Å². The molecule has 1 heterocycles. The first-order valence-corrected chi connectivity index (χ1v) is 8.06. The van der Waals surface area contributed by atoms with Crippen molar-refractivity contribution in [2.24, 2.45) is 5.92 Å². The number of ether oxygens (including phenoxy) is 1. The minimum atomic E-state index is -0.992. The molecule has 1 aromatic carbocycles. The Kier molecular flexibility index (Phi) is 3.83. The molecule has 0 aromatic heterocycles. The molecule has 2 aliphatic rings. The van der Waals surface area contributed by atoms with Crippen molar-refractivity contribution in [1.82, 2.24) is 0 Å². The molecule has 0 amide bonds. The standard InChI is InChI=1S/C18H25FO2/c1-13-5-6-14(11-16(13)19)17(2,20)15-7-10-21-18(12-15)8-3-4-9-18/h5-6,11,15,20H,3-4,7-10,12H2,1-2H3. The maximum Gasteiger partial charge on any atom is 0.126 e. The third-order valence-corrected chi connectivity index (χ3v) is 5.56. The Bertz CT molecular complexity index is 518. The fraction of sp³-hybridized carbons (Fsp3) is 0.667. The zero-order chi connectivity index (χ0) is 15.1. The Morgan fingerprint density at radius 3 is 2.71 bits per heavy atom. The Balaban J connectivity index is 1.84. The van der Waals surface area contributed by atoms with Gasteiger partial charge in [-0.3, -0.25) is 0 Å². The van der Waals surface area contributed by atoms with Crippen molar-refractivity contribution in [3.8, 4) is 0 Å². The third kappa shape index (κ3) is 2.74. The van der Waals surface area contributed by atoms with E-state index in [0.717, 1.165) is 25.7 Å². The first kappa shape index (κ1) is 15.0. The Morgan fingerprint density at radius 1 is 1.33 bits per heavy atom. The van der Waals surface area contributed by atoms with Gasteiger partial charge in [-0.15, -0.1) is 0 Å². The molecule has 0 bridgehead atoms. The quantitative estimate of drug-likeness (QED) is 0.890. The van der Waals surface area contributed by atoms with E-state index in [4.69, 9.17) is 4.74 Å². The molecule has 21 heavy (non-hydrogen) atoms. The van der Waals surface area contributed by atoms with Gasteiger partial charge >= 0.3 is 0 Å². The van der Waals surface area contributed by atoms with Crippen molar-refractivity contribution in [2.75, 3.05) is 6.61 Å². The number of benzene rings is 1. The van der Waals surface area contributed by atoms with Crippen molar-refractivity contribution in [2.45, 2.75) is 63.6 Å².